The number of rotatable bonds is 3. The van der Waals surface area contributed by atoms with Crippen molar-refractivity contribution in [2.24, 2.45) is 0 Å². The average molecular weight is 362 g/mol. The summed E-state index contributed by atoms with van der Waals surface area (Å²) in [6.45, 7) is 0. The lowest BCUT2D eigenvalue weighted by Crippen LogP contribution is -2.29. The molecule has 0 N–H and O–H groups in total. The van der Waals surface area contributed by atoms with Crippen LogP contribution in [0, 0.1) is 0 Å². The van der Waals surface area contributed by atoms with Crippen LogP contribution in [0.15, 0.2) is 89.6 Å². The number of fused-ring (bicyclic) bond motifs is 1. The topological polar surface area (TPSA) is 67.3 Å². The van der Waals surface area contributed by atoms with E-state index in [1.165, 1.54) is 18.3 Å². The Hall–Kier alpha value is -3.25. The molecule has 0 amide bonds. The minimum absolute atomic E-state index is 0.0637. The van der Waals surface area contributed by atoms with Crippen molar-refractivity contribution in [3.63, 3.8) is 0 Å². The van der Waals surface area contributed by atoms with Gasteiger partial charge in [-0.25, -0.2) is 17.7 Å². The van der Waals surface area contributed by atoms with Crippen LogP contribution in [0.3, 0.4) is 0 Å². The van der Waals surface area contributed by atoms with Crippen molar-refractivity contribution in [3.8, 4) is 0 Å². The number of sulfonamides is 1. The lowest BCUT2D eigenvalue weighted by Gasteiger charge is -2.19. The Morgan fingerprint density at radius 2 is 1.50 bits per heavy atom. The molecule has 1 aliphatic rings. The van der Waals surface area contributed by atoms with Crippen molar-refractivity contribution >= 4 is 27.7 Å². The lowest BCUT2D eigenvalue weighted by molar-refractivity contribution is 0.104. The van der Waals surface area contributed by atoms with Gasteiger partial charge >= 0.3 is 0 Å². The van der Waals surface area contributed by atoms with Gasteiger partial charge in [0, 0.05) is 6.20 Å². The number of aromatic nitrogens is 1. The molecule has 0 unspecified atom stereocenters. The van der Waals surface area contributed by atoms with Gasteiger partial charge in [0.25, 0.3) is 10.0 Å². The van der Waals surface area contributed by atoms with Gasteiger partial charge in [-0.15, -0.1) is 0 Å². The summed E-state index contributed by atoms with van der Waals surface area (Å²) in [7, 11) is -3.97. The highest BCUT2D eigenvalue weighted by Gasteiger charge is 2.41. The molecule has 1 aromatic heterocycles. The number of carbonyl (C=O) groups excluding carboxylic acids is 1. The molecule has 5 nitrogen and oxygen atoms in total. The van der Waals surface area contributed by atoms with E-state index in [1.807, 2.05) is 30.3 Å². The molecule has 2 heterocycles. The SMILES string of the molecule is O=C1C(=Cc2ccccc2)N(S(=O)(=O)c2ccccc2)c2ncccc21. The maximum atomic E-state index is 13.2. The number of nitrogens with zero attached hydrogens (tertiary/aromatic N) is 2. The van der Waals surface area contributed by atoms with Gasteiger partial charge in [-0.3, -0.25) is 4.79 Å². The standard InChI is InChI=1S/C20H14N2O3S/c23-19-17-12-7-13-21-20(17)22(18(19)14-15-8-3-1-4-9-15)26(24,25)16-10-5-2-6-11-16/h1-14H. The van der Waals surface area contributed by atoms with Crippen molar-refractivity contribution in [2.45, 2.75) is 4.90 Å². The Kier molecular flexibility index (Phi) is 3.89. The Bertz CT molecular complexity index is 1110. The van der Waals surface area contributed by atoms with Gasteiger partial charge in [0.1, 0.15) is 5.70 Å². The first-order chi connectivity index (χ1) is 12.6. The van der Waals surface area contributed by atoms with Crippen LogP contribution in [0.25, 0.3) is 6.08 Å². The number of benzene rings is 2. The van der Waals surface area contributed by atoms with Crippen LogP contribution in [0.1, 0.15) is 15.9 Å². The number of Topliss-reactive ketones (excluding diaryl/α,β-unsaturated/α-hetero) is 1. The minimum Gasteiger partial charge on any atom is -0.287 e. The molecule has 4 rings (SSSR count). The molecule has 0 saturated carbocycles. The second-order valence-corrected chi connectivity index (χ2v) is 7.51. The number of hydrogen-bond acceptors (Lipinski definition) is 4. The lowest BCUT2D eigenvalue weighted by atomic mass is 10.1. The monoisotopic (exact) mass is 362 g/mol. The molecule has 0 saturated heterocycles. The Morgan fingerprint density at radius 3 is 2.19 bits per heavy atom. The zero-order valence-electron chi connectivity index (χ0n) is 13.6. The van der Waals surface area contributed by atoms with E-state index in [9.17, 15) is 13.2 Å². The predicted molar refractivity (Wildman–Crippen MR) is 99.1 cm³/mol. The molecule has 0 radical (unpaired) electrons. The number of hydrogen-bond donors (Lipinski definition) is 0. The Balaban J connectivity index is 1.94. The first-order valence-electron chi connectivity index (χ1n) is 7.96. The molecule has 6 heteroatoms. The van der Waals surface area contributed by atoms with E-state index in [1.54, 1.807) is 36.4 Å². The summed E-state index contributed by atoms with van der Waals surface area (Å²) in [5.41, 5.74) is 1.07. The third kappa shape index (κ3) is 2.60. The number of anilines is 1. The third-order valence-corrected chi connectivity index (χ3v) is 5.78. The van der Waals surface area contributed by atoms with E-state index in [-0.39, 0.29) is 27.8 Å². The molecule has 0 fully saturated rings. The number of ketones is 1. The van der Waals surface area contributed by atoms with Gasteiger partial charge in [0.2, 0.25) is 5.78 Å². The summed E-state index contributed by atoms with van der Waals surface area (Å²) in [6.07, 6.45) is 3.05. The van der Waals surface area contributed by atoms with Gasteiger partial charge < -0.3 is 0 Å². The number of carbonyl (C=O) groups is 1. The molecule has 3 aromatic rings. The first kappa shape index (κ1) is 16.2. The molecule has 0 spiro atoms. The van der Waals surface area contributed by atoms with Gasteiger partial charge in [0.05, 0.1) is 10.5 Å². The first-order valence-corrected chi connectivity index (χ1v) is 9.40. The molecule has 0 bridgehead atoms. The molecular formula is C20H14N2O3S. The van der Waals surface area contributed by atoms with Gasteiger partial charge in [-0.05, 0) is 35.9 Å². The smallest absolute Gasteiger partial charge is 0.270 e. The van der Waals surface area contributed by atoms with Crippen LogP contribution in [0.5, 0.6) is 0 Å². The fourth-order valence-corrected chi connectivity index (χ4v) is 4.33. The van der Waals surface area contributed by atoms with Crippen molar-refractivity contribution in [2.75, 3.05) is 4.31 Å². The van der Waals surface area contributed by atoms with E-state index in [4.69, 9.17) is 0 Å². The molecule has 2 aromatic carbocycles. The van der Waals surface area contributed by atoms with Crippen molar-refractivity contribution in [1.29, 1.82) is 0 Å². The highest BCUT2D eigenvalue weighted by Crippen LogP contribution is 2.37. The molecule has 0 atom stereocenters. The van der Waals surface area contributed by atoms with Crippen LogP contribution in [-0.4, -0.2) is 19.2 Å². The second-order valence-electron chi connectivity index (χ2n) is 5.73. The van der Waals surface area contributed by atoms with E-state index < -0.39 is 10.0 Å². The van der Waals surface area contributed by atoms with E-state index in [0.717, 1.165) is 9.87 Å². The fourth-order valence-electron chi connectivity index (χ4n) is 2.85. The van der Waals surface area contributed by atoms with Crippen molar-refractivity contribution in [3.05, 3.63) is 95.8 Å². The summed E-state index contributed by atoms with van der Waals surface area (Å²) in [5.74, 6) is -0.236. The van der Waals surface area contributed by atoms with E-state index in [2.05, 4.69) is 4.98 Å². The minimum atomic E-state index is -3.97. The van der Waals surface area contributed by atoms with Crippen LogP contribution in [0.4, 0.5) is 5.82 Å². The van der Waals surface area contributed by atoms with Crippen LogP contribution >= 0.6 is 0 Å². The molecular weight excluding hydrogens is 348 g/mol. The Labute approximate surface area is 151 Å². The normalized spacial score (nSPS) is 15.3. The zero-order valence-corrected chi connectivity index (χ0v) is 14.4. The van der Waals surface area contributed by atoms with Crippen LogP contribution in [-0.2, 0) is 10.0 Å². The van der Waals surface area contributed by atoms with Gasteiger partial charge in [-0.1, -0.05) is 48.5 Å². The summed E-state index contributed by atoms with van der Waals surface area (Å²) in [6, 6.07) is 20.4. The summed E-state index contributed by atoms with van der Waals surface area (Å²) >= 11 is 0. The maximum Gasteiger partial charge on any atom is 0.270 e. The second kappa shape index (κ2) is 6.24. The summed E-state index contributed by atoms with van der Waals surface area (Å²) in [4.78, 5) is 17.1. The van der Waals surface area contributed by atoms with Gasteiger partial charge in [-0.2, -0.15) is 0 Å². The molecule has 0 aliphatic carbocycles. The molecule has 26 heavy (non-hydrogen) atoms. The van der Waals surface area contributed by atoms with Gasteiger partial charge in [0.15, 0.2) is 5.82 Å². The molecule has 1 aliphatic heterocycles. The zero-order chi connectivity index (χ0) is 18.1. The highest BCUT2D eigenvalue weighted by atomic mass is 32.2. The van der Waals surface area contributed by atoms with Crippen molar-refractivity contribution < 1.29 is 13.2 Å². The maximum absolute atomic E-state index is 13.2. The average Bonchev–Trinajstić information content (AvgIpc) is 2.96. The van der Waals surface area contributed by atoms with Crippen molar-refractivity contribution in [1.82, 2.24) is 4.98 Å². The third-order valence-electron chi connectivity index (χ3n) is 4.06. The highest BCUT2D eigenvalue weighted by molar-refractivity contribution is 7.93. The largest absolute Gasteiger partial charge is 0.287 e. The predicted octanol–water partition coefficient (Wildman–Crippen LogP) is 3.51. The number of pyridine rings is 1. The quantitative estimate of drug-likeness (QED) is 0.669. The summed E-state index contributed by atoms with van der Waals surface area (Å²) < 4.78 is 27.5. The summed E-state index contributed by atoms with van der Waals surface area (Å²) in [5, 5.41) is 0. The van der Waals surface area contributed by atoms with E-state index >= 15 is 0 Å². The Morgan fingerprint density at radius 1 is 0.846 bits per heavy atom. The van der Waals surface area contributed by atoms with E-state index in [0.29, 0.717) is 0 Å². The van der Waals surface area contributed by atoms with Crippen LogP contribution in [0.2, 0.25) is 0 Å². The molecule has 128 valence electrons. The fraction of sp³-hybridized carbons (Fsp3) is 0. The number of allylic oxidation sites excluding steroid dienone is 1. The van der Waals surface area contributed by atoms with Crippen LogP contribution < -0.4 is 4.31 Å².